The van der Waals surface area contributed by atoms with Gasteiger partial charge in [-0.25, -0.2) is 4.39 Å². The number of rotatable bonds is 6. The summed E-state index contributed by atoms with van der Waals surface area (Å²) in [7, 11) is 1.07. The van der Waals surface area contributed by atoms with E-state index in [1.807, 2.05) is 24.3 Å². The topological polar surface area (TPSA) is 36.9 Å². The fourth-order valence-electron chi connectivity index (χ4n) is 11.3. The van der Waals surface area contributed by atoms with Gasteiger partial charge in [-0.15, -0.1) is 0 Å². The molecule has 6 heteroatoms. The van der Waals surface area contributed by atoms with Crippen molar-refractivity contribution < 1.29 is 23.2 Å². The Labute approximate surface area is 233 Å². The largest absolute Gasteiger partial charge is 0.495 e. The first-order valence-corrected chi connectivity index (χ1v) is 14.6. The Kier molecular flexibility index (Phi) is 5.00. The molecule has 39 heavy (non-hydrogen) atoms. The monoisotopic (exact) mass is 532 g/mol. The Morgan fingerprint density at radius 1 is 0.795 bits per heavy atom. The van der Waals surface area contributed by atoms with Gasteiger partial charge in [-0.1, -0.05) is 45.0 Å². The van der Waals surface area contributed by atoms with Crippen molar-refractivity contribution in [2.45, 2.75) is 97.2 Å². The lowest BCUT2D eigenvalue weighted by atomic mass is 9.21. The van der Waals surface area contributed by atoms with E-state index in [0.29, 0.717) is 21.7 Å². The van der Waals surface area contributed by atoms with Gasteiger partial charge in [-0.2, -0.15) is 0 Å². The summed E-state index contributed by atoms with van der Waals surface area (Å²) in [5, 5.41) is 0. The van der Waals surface area contributed by atoms with E-state index in [1.165, 1.54) is 12.8 Å². The molecule has 0 N–H and O–H groups in total. The van der Waals surface area contributed by atoms with Gasteiger partial charge in [0.1, 0.15) is 11.6 Å². The van der Waals surface area contributed by atoms with Gasteiger partial charge in [-0.3, -0.25) is 0 Å². The van der Waals surface area contributed by atoms with E-state index >= 15 is 4.39 Å². The Bertz CT molecular complexity index is 1350. The Morgan fingerprint density at radius 2 is 1.38 bits per heavy atom. The predicted molar refractivity (Wildman–Crippen MR) is 152 cm³/mol. The zero-order chi connectivity index (χ0) is 27.9. The second kappa shape index (κ2) is 7.49. The molecule has 4 nitrogen and oxygen atoms in total. The SMILES string of the molecule is COCOc1c(-c2ccccc2B2OC(C)(C)C(C)(C)O2)cc(F)cc1C12CC3(C)CC4(C)CC(C)(C1)C34C2. The van der Waals surface area contributed by atoms with Crippen LogP contribution in [0.25, 0.3) is 11.1 Å². The minimum absolute atomic E-state index is 0.100. The molecule has 1 spiro atoms. The lowest BCUT2D eigenvalue weighted by Crippen LogP contribution is -2.76. The van der Waals surface area contributed by atoms with Crippen molar-refractivity contribution >= 4 is 12.6 Å². The molecule has 2 atom stereocenters. The van der Waals surface area contributed by atoms with Crippen molar-refractivity contribution in [3.63, 3.8) is 0 Å². The van der Waals surface area contributed by atoms with E-state index in [1.54, 1.807) is 19.2 Å². The summed E-state index contributed by atoms with van der Waals surface area (Å²) < 4.78 is 40.5. The van der Waals surface area contributed by atoms with Crippen molar-refractivity contribution in [3.05, 3.63) is 47.8 Å². The first-order chi connectivity index (χ1) is 18.2. The number of benzene rings is 2. The van der Waals surface area contributed by atoms with Crippen LogP contribution in [0.2, 0.25) is 0 Å². The molecule has 4 aliphatic carbocycles. The third-order valence-corrected chi connectivity index (χ3v) is 12.4. The number of methoxy groups -OCH3 is 1. The van der Waals surface area contributed by atoms with E-state index in [0.717, 1.165) is 47.2 Å². The average molecular weight is 533 g/mol. The molecule has 5 aliphatic rings. The lowest BCUT2D eigenvalue weighted by Gasteiger charge is -2.83. The molecule has 2 aromatic carbocycles. The molecular weight excluding hydrogens is 490 g/mol. The number of ether oxygens (including phenoxy) is 2. The van der Waals surface area contributed by atoms with E-state index < -0.39 is 18.3 Å². The van der Waals surface area contributed by atoms with Gasteiger partial charge < -0.3 is 18.8 Å². The maximum atomic E-state index is 15.8. The van der Waals surface area contributed by atoms with Crippen LogP contribution in [0.15, 0.2) is 36.4 Å². The van der Waals surface area contributed by atoms with Gasteiger partial charge in [-0.05, 0) is 105 Å². The standard InChI is InChI=1S/C33H42BFO4/c1-27(2)28(3,4)39-34(38-27)25-12-10-9-11-22(25)23-13-21(35)14-24(26(23)37-20-36-8)32-17-30(6)15-29(5)16-31(7,18-32)33(29,30)19-32/h9-14H,15-20H2,1-8H3. The van der Waals surface area contributed by atoms with Crippen molar-refractivity contribution in [3.8, 4) is 16.9 Å². The van der Waals surface area contributed by atoms with Gasteiger partial charge in [0.15, 0.2) is 6.79 Å². The summed E-state index contributed by atoms with van der Waals surface area (Å²) >= 11 is 0. The fourth-order valence-corrected chi connectivity index (χ4v) is 11.3. The molecule has 4 saturated carbocycles. The molecular formula is C33H42BFO4. The number of hydrogen-bond acceptors (Lipinski definition) is 4. The highest BCUT2D eigenvalue weighted by Gasteiger charge is 2.91. The fraction of sp³-hybridized carbons (Fsp3) is 0.636. The minimum atomic E-state index is -0.562. The highest BCUT2D eigenvalue weighted by molar-refractivity contribution is 6.64. The predicted octanol–water partition coefficient (Wildman–Crippen LogP) is 7.02. The summed E-state index contributed by atoms with van der Waals surface area (Å²) in [6.45, 7) is 15.8. The first-order valence-electron chi connectivity index (χ1n) is 14.6. The molecule has 0 aromatic heterocycles. The summed E-state index contributed by atoms with van der Waals surface area (Å²) in [5.74, 6) is 0.520. The Hall–Kier alpha value is -1.89. The second-order valence-electron chi connectivity index (χ2n) is 15.3. The van der Waals surface area contributed by atoms with Crippen LogP contribution in [0.5, 0.6) is 5.75 Å². The normalized spacial score (nSPS) is 40.3. The third kappa shape index (κ3) is 2.96. The Morgan fingerprint density at radius 3 is 1.95 bits per heavy atom. The Balaban J connectivity index is 1.39. The van der Waals surface area contributed by atoms with Crippen LogP contribution >= 0.6 is 0 Å². The van der Waals surface area contributed by atoms with Gasteiger partial charge >= 0.3 is 7.12 Å². The molecule has 7 rings (SSSR count). The second-order valence-corrected chi connectivity index (χ2v) is 15.3. The third-order valence-electron chi connectivity index (χ3n) is 12.4. The van der Waals surface area contributed by atoms with Gasteiger partial charge in [0.05, 0.1) is 11.2 Å². The van der Waals surface area contributed by atoms with Crippen LogP contribution in [0.4, 0.5) is 4.39 Å². The van der Waals surface area contributed by atoms with Crippen LogP contribution in [0.1, 0.15) is 86.1 Å². The van der Waals surface area contributed by atoms with Crippen LogP contribution in [0, 0.1) is 27.5 Å². The van der Waals surface area contributed by atoms with E-state index in [4.69, 9.17) is 18.8 Å². The van der Waals surface area contributed by atoms with Crippen molar-refractivity contribution in [2.24, 2.45) is 21.7 Å². The summed E-state index contributed by atoms with van der Waals surface area (Å²) in [6, 6.07) is 11.4. The van der Waals surface area contributed by atoms with Gasteiger partial charge in [0.25, 0.3) is 0 Å². The highest BCUT2D eigenvalue weighted by Crippen LogP contribution is 2.98. The van der Waals surface area contributed by atoms with E-state index in [2.05, 4.69) is 48.5 Å². The summed E-state index contributed by atoms with van der Waals surface area (Å²) in [6.07, 6.45) is 5.86. The smallest absolute Gasteiger partial charge is 0.467 e. The number of fused-ring (bicyclic) bond motifs is 1. The highest BCUT2D eigenvalue weighted by atomic mass is 19.1. The number of halogens is 1. The van der Waals surface area contributed by atoms with Crippen LogP contribution < -0.4 is 10.2 Å². The molecule has 0 amide bonds. The van der Waals surface area contributed by atoms with Gasteiger partial charge in [0, 0.05) is 23.7 Å². The van der Waals surface area contributed by atoms with E-state index in [-0.39, 0.29) is 18.0 Å². The summed E-state index contributed by atoms with van der Waals surface area (Å²) in [5.41, 5.74) is 3.84. The average Bonchev–Trinajstić information content (AvgIpc) is 3.33. The first kappa shape index (κ1) is 26.0. The molecule has 5 fully saturated rings. The molecule has 2 aromatic rings. The lowest BCUT2D eigenvalue weighted by molar-refractivity contribution is -0.345. The molecule has 1 heterocycles. The van der Waals surface area contributed by atoms with Gasteiger partial charge in [0.2, 0.25) is 0 Å². The zero-order valence-electron chi connectivity index (χ0n) is 24.8. The van der Waals surface area contributed by atoms with Crippen molar-refractivity contribution in [2.75, 3.05) is 13.9 Å². The molecule has 208 valence electrons. The van der Waals surface area contributed by atoms with E-state index in [9.17, 15) is 0 Å². The van der Waals surface area contributed by atoms with Crippen LogP contribution in [-0.2, 0) is 19.5 Å². The molecule has 1 saturated heterocycles. The quantitative estimate of drug-likeness (QED) is 0.296. The van der Waals surface area contributed by atoms with Crippen LogP contribution in [0.3, 0.4) is 0 Å². The van der Waals surface area contributed by atoms with Crippen molar-refractivity contribution in [1.82, 2.24) is 0 Å². The maximum absolute atomic E-state index is 15.8. The molecule has 2 unspecified atom stereocenters. The number of hydrogen-bond donors (Lipinski definition) is 0. The minimum Gasteiger partial charge on any atom is -0.467 e. The molecule has 0 radical (unpaired) electrons. The molecule has 2 bridgehead atoms. The van der Waals surface area contributed by atoms with Crippen molar-refractivity contribution in [1.29, 1.82) is 0 Å². The molecule has 1 aliphatic heterocycles. The van der Waals surface area contributed by atoms with Crippen LogP contribution in [-0.4, -0.2) is 32.2 Å². The summed E-state index contributed by atoms with van der Waals surface area (Å²) in [4.78, 5) is 0. The zero-order valence-corrected chi connectivity index (χ0v) is 24.8. The maximum Gasteiger partial charge on any atom is 0.495 e.